The van der Waals surface area contributed by atoms with Gasteiger partial charge >= 0.3 is 5.97 Å². The van der Waals surface area contributed by atoms with Gasteiger partial charge in [-0.1, -0.05) is 0 Å². The third-order valence-corrected chi connectivity index (χ3v) is 2.33. The largest absolute Gasteiger partial charge is 0.506 e. The van der Waals surface area contributed by atoms with Gasteiger partial charge in [-0.2, -0.15) is 0 Å². The predicted molar refractivity (Wildman–Crippen MR) is 56.1 cm³/mol. The number of alkyl halides is 3. The fraction of sp³-hybridized carbons (Fsp3) is 0.400. The van der Waals surface area contributed by atoms with Crippen molar-refractivity contribution in [3.8, 4) is 5.75 Å². The average molecular weight is 266 g/mol. The van der Waals surface area contributed by atoms with Gasteiger partial charge in [-0.3, -0.25) is 9.78 Å². The summed E-state index contributed by atoms with van der Waals surface area (Å²) >= 11 is 5.49. The molecule has 0 amide bonds. The molecule has 0 fully saturated rings. The summed E-state index contributed by atoms with van der Waals surface area (Å²) in [5.74, 6) is -1.47. The van der Waals surface area contributed by atoms with Crippen LogP contribution in [0.25, 0.3) is 0 Å². The number of nitrogens with zero attached hydrogens (tertiary/aromatic N) is 1. The van der Waals surface area contributed by atoms with Crippen molar-refractivity contribution in [3.05, 3.63) is 23.0 Å². The maximum absolute atomic E-state index is 12.6. The molecule has 0 bridgehead atoms. The molecule has 17 heavy (non-hydrogen) atoms. The second kappa shape index (κ2) is 5.77. The van der Waals surface area contributed by atoms with E-state index in [4.69, 9.17) is 11.6 Å². The van der Waals surface area contributed by atoms with Gasteiger partial charge in [-0.15, -0.1) is 11.6 Å². The summed E-state index contributed by atoms with van der Waals surface area (Å²) in [6.07, 6.45) is -3.25. The van der Waals surface area contributed by atoms with Crippen molar-refractivity contribution in [2.24, 2.45) is 0 Å². The van der Waals surface area contributed by atoms with E-state index in [9.17, 15) is 18.7 Å². The van der Waals surface area contributed by atoms with E-state index in [1.54, 1.807) is 0 Å². The Hall–Kier alpha value is -1.43. The number of rotatable bonds is 4. The zero-order valence-electron chi connectivity index (χ0n) is 8.91. The molecule has 0 aliphatic rings. The van der Waals surface area contributed by atoms with Crippen molar-refractivity contribution >= 4 is 17.6 Å². The lowest BCUT2D eigenvalue weighted by atomic mass is 10.1. The van der Waals surface area contributed by atoms with Crippen molar-refractivity contribution in [1.29, 1.82) is 0 Å². The van der Waals surface area contributed by atoms with Crippen molar-refractivity contribution in [2.75, 3.05) is 7.11 Å². The lowest BCUT2D eigenvalue weighted by Gasteiger charge is -2.10. The van der Waals surface area contributed by atoms with Gasteiger partial charge in [-0.05, 0) is 6.07 Å². The molecule has 1 aromatic rings. The van der Waals surface area contributed by atoms with Crippen LogP contribution >= 0.6 is 11.6 Å². The molecule has 94 valence electrons. The summed E-state index contributed by atoms with van der Waals surface area (Å²) in [4.78, 5) is 14.8. The maximum Gasteiger partial charge on any atom is 0.311 e. The Morgan fingerprint density at radius 1 is 1.65 bits per heavy atom. The van der Waals surface area contributed by atoms with Crippen LogP contribution in [-0.2, 0) is 21.8 Å². The van der Waals surface area contributed by atoms with Crippen molar-refractivity contribution in [2.45, 2.75) is 18.7 Å². The molecular weight excluding hydrogens is 256 g/mol. The molecule has 1 heterocycles. The van der Waals surface area contributed by atoms with Gasteiger partial charge in [0, 0.05) is 0 Å². The van der Waals surface area contributed by atoms with Crippen LogP contribution in [0.3, 0.4) is 0 Å². The first-order valence-corrected chi connectivity index (χ1v) is 5.15. The second-order valence-corrected chi connectivity index (χ2v) is 3.45. The molecule has 0 saturated heterocycles. The van der Waals surface area contributed by atoms with Crippen LogP contribution in [0.2, 0.25) is 0 Å². The number of esters is 1. The summed E-state index contributed by atoms with van der Waals surface area (Å²) in [6, 6.07) is 1.01. The average Bonchev–Trinajstić information content (AvgIpc) is 2.31. The summed E-state index contributed by atoms with van der Waals surface area (Å²) < 4.78 is 29.6. The number of carbonyl (C=O) groups excluding carboxylic acids is 1. The Morgan fingerprint density at radius 2 is 2.29 bits per heavy atom. The summed E-state index contributed by atoms with van der Waals surface area (Å²) in [7, 11) is 1.15. The molecule has 1 N–H and O–H groups in total. The second-order valence-electron chi connectivity index (χ2n) is 3.19. The molecule has 0 aliphatic heterocycles. The Balaban J connectivity index is 3.19. The molecule has 7 heteroatoms. The van der Waals surface area contributed by atoms with E-state index < -0.39 is 23.7 Å². The number of aromatic hydroxyl groups is 1. The lowest BCUT2D eigenvalue weighted by molar-refractivity contribution is -0.139. The fourth-order valence-corrected chi connectivity index (χ4v) is 1.38. The summed E-state index contributed by atoms with van der Waals surface area (Å²) in [5.41, 5.74) is -0.585. The predicted octanol–water partition coefficient (Wildman–Crippen LogP) is 2.18. The SMILES string of the molecule is COC(=O)Cc1nc(CCl)cc(C(F)F)c1O. The van der Waals surface area contributed by atoms with E-state index in [0.717, 1.165) is 13.2 Å². The van der Waals surface area contributed by atoms with Crippen molar-refractivity contribution < 1.29 is 23.4 Å². The number of carbonyl (C=O) groups is 1. The highest BCUT2D eigenvalue weighted by atomic mass is 35.5. The standard InChI is InChI=1S/C10H10ClF2NO3/c1-17-8(15)3-7-9(16)6(10(12)13)2-5(4-11)14-7/h2,10,16H,3-4H2,1H3. The van der Waals surface area contributed by atoms with E-state index in [2.05, 4.69) is 9.72 Å². The smallest absolute Gasteiger partial charge is 0.311 e. The third kappa shape index (κ3) is 3.26. The highest BCUT2D eigenvalue weighted by molar-refractivity contribution is 6.16. The van der Waals surface area contributed by atoms with E-state index >= 15 is 0 Å². The lowest BCUT2D eigenvalue weighted by Crippen LogP contribution is -2.08. The number of aromatic nitrogens is 1. The minimum atomic E-state index is -2.86. The van der Waals surface area contributed by atoms with Gasteiger partial charge in [-0.25, -0.2) is 8.78 Å². The normalized spacial score (nSPS) is 10.6. The van der Waals surface area contributed by atoms with Crippen molar-refractivity contribution in [1.82, 2.24) is 4.98 Å². The van der Waals surface area contributed by atoms with Crippen LogP contribution in [0.1, 0.15) is 23.4 Å². The van der Waals surface area contributed by atoms with Gasteiger partial charge in [0.25, 0.3) is 6.43 Å². The number of hydrogen-bond acceptors (Lipinski definition) is 4. The first-order valence-electron chi connectivity index (χ1n) is 4.62. The Labute approximate surface area is 101 Å². The van der Waals surface area contributed by atoms with E-state index in [1.165, 1.54) is 0 Å². The quantitative estimate of drug-likeness (QED) is 0.670. The molecule has 0 atom stereocenters. The Kier molecular flexibility index (Phi) is 4.62. The van der Waals surface area contributed by atoms with Crippen LogP contribution in [-0.4, -0.2) is 23.2 Å². The fourth-order valence-electron chi connectivity index (χ4n) is 1.24. The van der Waals surface area contributed by atoms with Crippen LogP contribution < -0.4 is 0 Å². The minimum Gasteiger partial charge on any atom is -0.506 e. The molecule has 4 nitrogen and oxygen atoms in total. The van der Waals surface area contributed by atoms with Crippen LogP contribution in [0.4, 0.5) is 8.78 Å². The molecule has 0 aliphatic carbocycles. The first-order chi connectivity index (χ1) is 7.99. The van der Waals surface area contributed by atoms with Gasteiger partial charge in [0.05, 0.1) is 36.4 Å². The molecule has 0 aromatic carbocycles. The number of methoxy groups -OCH3 is 1. The molecule has 0 spiro atoms. The van der Waals surface area contributed by atoms with E-state index in [1.807, 2.05) is 0 Å². The van der Waals surface area contributed by atoms with Crippen molar-refractivity contribution in [3.63, 3.8) is 0 Å². The molecule has 0 radical (unpaired) electrons. The van der Waals surface area contributed by atoms with Gasteiger partial charge in [0.2, 0.25) is 0 Å². The Bertz CT molecular complexity index is 426. The number of halogens is 3. The van der Waals surface area contributed by atoms with Crippen LogP contribution in [0.15, 0.2) is 6.07 Å². The minimum absolute atomic E-state index is 0.0891. The zero-order chi connectivity index (χ0) is 13.0. The highest BCUT2D eigenvalue weighted by Crippen LogP contribution is 2.31. The maximum atomic E-state index is 12.6. The Morgan fingerprint density at radius 3 is 2.76 bits per heavy atom. The first kappa shape index (κ1) is 13.6. The third-order valence-electron chi connectivity index (χ3n) is 2.06. The number of pyridine rings is 1. The van der Waals surface area contributed by atoms with Gasteiger partial charge in [0.1, 0.15) is 5.75 Å². The number of ether oxygens (including phenoxy) is 1. The monoisotopic (exact) mass is 265 g/mol. The topological polar surface area (TPSA) is 59.4 Å². The number of hydrogen-bond donors (Lipinski definition) is 1. The highest BCUT2D eigenvalue weighted by Gasteiger charge is 2.20. The van der Waals surface area contributed by atoms with E-state index in [0.29, 0.717) is 0 Å². The molecular formula is C10H10ClF2NO3. The van der Waals surface area contributed by atoms with Crippen LogP contribution in [0.5, 0.6) is 5.75 Å². The molecule has 0 unspecified atom stereocenters. The molecule has 0 saturated carbocycles. The summed E-state index contributed by atoms with van der Waals surface area (Å²) in [6.45, 7) is 0. The molecule has 1 rings (SSSR count). The van der Waals surface area contributed by atoms with Gasteiger partial charge < -0.3 is 9.84 Å². The van der Waals surface area contributed by atoms with E-state index in [-0.39, 0.29) is 23.7 Å². The van der Waals surface area contributed by atoms with Crippen LogP contribution in [0, 0.1) is 0 Å². The molecule has 1 aromatic heterocycles. The zero-order valence-corrected chi connectivity index (χ0v) is 9.67. The van der Waals surface area contributed by atoms with Gasteiger partial charge in [0.15, 0.2) is 0 Å². The summed E-state index contributed by atoms with van der Waals surface area (Å²) in [5, 5.41) is 9.53.